The van der Waals surface area contributed by atoms with Gasteiger partial charge in [-0.05, 0) is 53.2 Å². The number of aromatic nitrogens is 3. The SMILES string of the molecule is CC(=O)c1cccc(NC(=O)c2cc(-n3cnnc3)ccc2Br)c1. The third-order valence-electron chi connectivity index (χ3n) is 3.44. The summed E-state index contributed by atoms with van der Waals surface area (Å²) in [6.07, 6.45) is 3.11. The molecule has 0 saturated carbocycles. The summed E-state index contributed by atoms with van der Waals surface area (Å²) in [5.41, 5.74) is 2.35. The van der Waals surface area contributed by atoms with Crippen LogP contribution in [-0.2, 0) is 0 Å². The molecule has 0 radical (unpaired) electrons. The average Bonchev–Trinajstić information content (AvgIpc) is 3.10. The van der Waals surface area contributed by atoms with Gasteiger partial charge in [-0.2, -0.15) is 0 Å². The molecule has 0 unspecified atom stereocenters. The predicted molar refractivity (Wildman–Crippen MR) is 93.5 cm³/mol. The monoisotopic (exact) mass is 384 g/mol. The van der Waals surface area contributed by atoms with Crippen LogP contribution >= 0.6 is 15.9 Å². The van der Waals surface area contributed by atoms with E-state index < -0.39 is 0 Å². The zero-order valence-electron chi connectivity index (χ0n) is 12.7. The van der Waals surface area contributed by atoms with E-state index in [4.69, 9.17) is 0 Å². The summed E-state index contributed by atoms with van der Waals surface area (Å²) >= 11 is 3.39. The summed E-state index contributed by atoms with van der Waals surface area (Å²) in [7, 11) is 0. The number of nitrogens with zero attached hydrogens (tertiary/aromatic N) is 3. The molecule has 0 fully saturated rings. The van der Waals surface area contributed by atoms with Gasteiger partial charge >= 0.3 is 0 Å². The second kappa shape index (κ2) is 6.76. The van der Waals surface area contributed by atoms with E-state index in [9.17, 15) is 9.59 Å². The molecule has 3 aromatic rings. The minimum absolute atomic E-state index is 0.0538. The highest BCUT2D eigenvalue weighted by Crippen LogP contribution is 2.22. The number of nitrogens with one attached hydrogen (secondary N) is 1. The van der Waals surface area contributed by atoms with Crippen LogP contribution in [0.25, 0.3) is 5.69 Å². The van der Waals surface area contributed by atoms with Crippen molar-refractivity contribution in [3.05, 3.63) is 70.7 Å². The van der Waals surface area contributed by atoms with Gasteiger partial charge in [0, 0.05) is 21.4 Å². The molecule has 0 aliphatic rings. The molecule has 3 rings (SSSR count). The fourth-order valence-electron chi connectivity index (χ4n) is 2.20. The normalized spacial score (nSPS) is 10.4. The summed E-state index contributed by atoms with van der Waals surface area (Å²) in [6, 6.07) is 12.2. The smallest absolute Gasteiger partial charge is 0.256 e. The second-order valence-electron chi connectivity index (χ2n) is 5.12. The van der Waals surface area contributed by atoms with Gasteiger partial charge in [-0.15, -0.1) is 10.2 Å². The van der Waals surface area contributed by atoms with Crippen LogP contribution in [0.4, 0.5) is 5.69 Å². The topological polar surface area (TPSA) is 76.9 Å². The molecule has 0 aliphatic carbocycles. The van der Waals surface area contributed by atoms with E-state index in [1.165, 1.54) is 6.92 Å². The molecule has 6 nitrogen and oxygen atoms in total. The van der Waals surface area contributed by atoms with Crippen LogP contribution in [0, 0.1) is 0 Å². The highest BCUT2D eigenvalue weighted by Gasteiger charge is 2.13. The number of carbonyl (C=O) groups is 2. The van der Waals surface area contributed by atoms with Gasteiger partial charge < -0.3 is 5.32 Å². The van der Waals surface area contributed by atoms with E-state index in [1.807, 2.05) is 6.07 Å². The number of hydrogen-bond acceptors (Lipinski definition) is 4. The van der Waals surface area contributed by atoms with Crippen molar-refractivity contribution in [2.45, 2.75) is 6.92 Å². The number of Topliss-reactive ketones (excluding diaryl/α,β-unsaturated/α-hetero) is 1. The summed E-state index contributed by atoms with van der Waals surface area (Å²) in [5.74, 6) is -0.334. The molecular formula is C17H13BrN4O2. The first-order chi connectivity index (χ1) is 11.5. The number of anilines is 1. The van der Waals surface area contributed by atoms with Crippen molar-refractivity contribution in [1.82, 2.24) is 14.8 Å². The Morgan fingerprint density at radius 3 is 2.54 bits per heavy atom. The summed E-state index contributed by atoms with van der Waals surface area (Å²) < 4.78 is 2.37. The number of halogens is 1. The Labute approximate surface area is 146 Å². The third kappa shape index (κ3) is 3.41. The van der Waals surface area contributed by atoms with E-state index in [0.29, 0.717) is 21.3 Å². The van der Waals surface area contributed by atoms with Crippen molar-refractivity contribution in [2.24, 2.45) is 0 Å². The van der Waals surface area contributed by atoms with Crippen molar-refractivity contribution in [3.8, 4) is 5.69 Å². The average molecular weight is 385 g/mol. The lowest BCUT2D eigenvalue weighted by molar-refractivity contribution is 0.101. The fourth-order valence-corrected chi connectivity index (χ4v) is 2.62. The number of rotatable bonds is 4. The molecule has 0 spiro atoms. The molecular weight excluding hydrogens is 372 g/mol. The highest BCUT2D eigenvalue weighted by molar-refractivity contribution is 9.10. The molecule has 0 aliphatic heterocycles. The van der Waals surface area contributed by atoms with Gasteiger partial charge in [0.15, 0.2) is 5.78 Å². The molecule has 1 heterocycles. The molecule has 24 heavy (non-hydrogen) atoms. The zero-order chi connectivity index (χ0) is 17.1. The Balaban J connectivity index is 1.89. The zero-order valence-corrected chi connectivity index (χ0v) is 14.3. The minimum atomic E-state index is -0.280. The molecule has 0 bridgehead atoms. The Bertz CT molecular complexity index is 907. The summed E-state index contributed by atoms with van der Waals surface area (Å²) in [6.45, 7) is 1.49. The Kier molecular flexibility index (Phi) is 4.52. The number of ketones is 1. The van der Waals surface area contributed by atoms with Crippen molar-refractivity contribution < 1.29 is 9.59 Å². The molecule has 0 saturated heterocycles. The first-order valence-electron chi connectivity index (χ1n) is 7.11. The number of hydrogen-bond donors (Lipinski definition) is 1. The molecule has 1 N–H and O–H groups in total. The van der Waals surface area contributed by atoms with Crippen molar-refractivity contribution in [1.29, 1.82) is 0 Å². The Hall–Kier alpha value is -2.80. The lowest BCUT2D eigenvalue weighted by Crippen LogP contribution is -2.13. The van der Waals surface area contributed by atoms with Gasteiger partial charge in [0.1, 0.15) is 12.7 Å². The van der Waals surface area contributed by atoms with Crippen LogP contribution < -0.4 is 5.32 Å². The summed E-state index contributed by atoms with van der Waals surface area (Å²) in [4.78, 5) is 24.0. The highest BCUT2D eigenvalue weighted by atomic mass is 79.9. The quantitative estimate of drug-likeness (QED) is 0.698. The maximum atomic E-state index is 12.6. The lowest BCUT2D eigenvalue weighted by Gasteiger charge is -2.10. The molecule has 1 aromatic heterocycles. The first-order valence-corrected chi connectivity index (χ1v) is 7.91. The van der Waals surface area contributed by atoms with Crippen LogP contribution in [0.5, 0.6) is 0 Å². The van der Waals surface area contributed by atoms with Crippen LogP contribution in [0.15, 0.2) is 59.6 Å². The van der Waals surface area contributed by atoms with Crippen LogP contribution in [-0.4, -0.2) is 26.5 Å². The van der Waals surface area contributed by atoms with Gasteiger partial charge in [0.25, 0.3) is 5.91 Å². The molecule has 2 aromatic carbocycles. The van der Waals surface area contributed by atoms with Crippen molar-refractivity contribution >= 4 is 33.3 Å². The lowest BCUT2D eigenvalue weighted by atomic mass is 10.1. The maximum absolute atomic E-state index is 12.6. The Morgan fingerprint density at radius 2 is 1.83 bits per heavy atom. The number of carbonyl (C=O) groups excluding carboxylic acids is 2. The Morgan fingerprint density at radius 1 is 1.08 bits per heavy atom. The molecule has 120 valence electrons. The first kappa shape index (κ1) is 16.1. The van der Waals surface area contributed by atoms with E-state index in [2.05, 4.69) is 31.4 Å². The third-order valence-corrected chi connectivity index (χ3v) is 4.13. The van der Waals surface area contributed by atoms with Gasteiger partial charge in [0.05, 0.1) is 5.56 Å². The fraction of sp³-hybridized carbons (Fsp3) is 0.0588. The van der Waals surface area contributed by atoms with Crippen molar-refractivity contribution in [2.75, 3.05) is 5.32 Å². The predicted octanol–water partition coefficient (Wildman–Crippen LogP) is 3.48. The number of benzene rings is 2. The largest absolute Gasteiger partial charge is 0.322 e. The van der Waals surface area contributed by atoms with E-state index in [1.54, 1.807) is 53.6 Å². The van der Waals surface area contributed by atoms with Gasteiger partial charge in [0.2, 0.25) is 0 Å². The molecule has 0 atom stereocenters. The standard InChI is InChI=1S/C17H13BrN4O2/c1-11(23)12-3-2-4-13(7-12)21-17(24)15-8-14(5-6-16(15)18)22-9-19-20-10-22/h2-10H,1H3,(H,21,24). The van der Waals surface area contributed by atoms with Crippen molar-refractivity contribution in [3.63, 3.8) is 0 Å². The maximum Gasteiger partial charge on any atom is 0.256 e. The van der Waals surface area contributed by atoms with Crippen LogP contribution in [0.3, 0.4) is 0 Å². The molecule has 1 amide bonds. The number of amides is 1. The van der Waals surface area contributed by atoms with Gasteiger partial charge in [-0.25, -0.2) is 0 Å². The van der Waals surface area contributed by atoms with E-state index >= 15 is 0 Å². The van der Waals surface area contributed by atoms with Gasteiger partial charge in [-0.1, -0.05) is 12.1 Å². The van der Waals surface area contributed by atoms with Gasteiger partial charge in [-0.3, -0.25) is 14.2 Å². The second-order valence-corrected chi connectivity index (χ2v) is 5.98. The van der Waals surface area contributed by atoms with Crippen LogP contribution in [0.2, 0.25) is 0 Å². The molecule has 7 heteroatoms. The van der Waals surface area contributed by atoms with E-state index in [0.717, 1.165) is 5.69 Å². The summed E-state index contributed by atoms with van der Waals surface area (Å²) in [5, 5.41) is 10.3. The minimum Gasteiger partial charge on any atom is -0.322 e. The van der Waals surface area contributed by atoms with Crippen LogP contribution in [0.1, 0.15) is 27.6 Å². The van der Waals surface area contributed by atoms with E-state index in [-0.39, 0.29) is 11.7 Å².